The van der Waals surface area contributed by atoms with E-state index >= 15 is 0 Å². The SMILES string of the molecule is C#CCN(CCC)C1CNC1. The number of terminal acetylenes is 1. The normalized spacial score (nSPS) is 17.9. The maximum absolute atomic E-state index is 5.26. The molecule has 2 nitrogen and oxygen atoms in total. The zero-order chi connectivity index (χ0) is 8.10. The zero-order valence-electron chi connectivity index (χ0n) is 7.14. The molecule has 1 aliphatic rings. The van der Waals surface area contributed by atoms with E-state index in [9.17, 15) is 0 Å². The second kappa shape index (κ2) is 4.38. The van der Waals surface area contributed by atoms with Crippen LogP contribution in [0.1, 0.15) is 13.3 Å². The fourth-order valence-electron chi connectivity index (χ4n) is 1.33. The lowest BCUT2D eigenvalue weighted by Gasteiger charge is -2.36. The molecule has 1 aliphatic heterocycles. The maximum atomic E-state index is 5.26. The summed E-state index contributed by atoms with van der Waals surface area (Å²) in [4.78, 5) is 2.37. The molecule has 0 bridgehead atoms. The van der Waals surface area contributed by atoms with Crippen molar-refractivity contribution in [3.05, 3.63) is 0 Å². The maximum Gasteiger partial charge on any atom is 0.0602 e. The second-order valence-electron chi connectivity index (χ2n) is 2.99. The van der Waals surface area contributed by atoms with Crippen molar-refractivity contribution in [1.82, 2.24) is 10.2 Å². The van der Waals surface area contributed by atoms with Crippen molar-refractivity contribution in [2.45, 2.75) is 19.4 Å². The van der Waals surface area contributed by atoms with Crippen molar-refractivity contribution in [3.8, 4) is 12.3 Å². The molecule has 62 valence electrons. The molecule has 0 aromatic rings. The van der Waals surface area contributed by atoms with E-state index in [4.69, 9.17) is 6.42 Å². The van der Waals surface area contributed by atoms with Gasteiger partial charge < -0.3 is 5.32 Å². The Morgan fingerprint density at radius 1 is 1.64 bits per heavy atom. The quantitative estimate of drug-likeness (QED) is 0.583. The van der Waals surface area contributed by atoms with Crippen molar-refractivity contribution in [2.75, 3.05) is 26.2 Å². The van der Waals surface area contributed by atoms with Gasteiger partial charge in [-0.05, 0) is 13.0 Å². The summed E-state index contributed by atoms with van der Waals surface area (Å²) in [5, 5.41) is 3.25. The zero-order valence-corrected chi connectivity index (χ0v) is 7.14. The lowest BCUT2D eigenvalue weighted by Crippen LogP contribution is -2.57. The first-order valence-electron chi connectivity index (χ1n) is 4.26. The number of nitrogens with one attached hydrogen (secondary N) is 1. The topological polar surface area (TPSA) is 15.3 Å². The van der Waals surface area contributed by atoms with Crippen LogP contribution < -0.4 is 5.32 Å². The highest BCUT2D eigenvalue weighted by Crippen LogP contribution is 2.04. The Labute approximate surface area is 69.0 Å². The summed E-state index contributed by atoms with van der Waals surface area (Å²) >= 11 is 0. The molecular formula is C9H16N2. The van der Waals surface area contributed by atoms with Crippen LogP contribution in [0.5, 0.6) is 0 Å². The van der Waals surface area contributed by atoms with Crippen LogP contribution in [0.3, 0.4) is 0 Å². The minimum Gasteiger partial charge on any atom is -0.314 e. The lowest BCUT2D eigenvalue weighted by molar-refractivity contribution is 0.164. The summed E-state index contributed by atoms with van der Waals surface area (Å²) in [7, 11) is 0. The minimum atomic E-state index is 0.700. The van der Waals surface area contributed by atoms with Gasteiger partial charge in [-0.2, -0.15) is 0 Å². The third-order valence-electron chi connectivity index (χ3n) is 2.08. The van der Waals surface area contributed by atoms with E-state index in [-0.39, 0.29) is 0 Å². The van der Waals surface area contributed by atoms with Crippen molar-refractivity contribution in [1.29, 1.82) is 0 Å². The first-order valence-corrected chi connectivity index (χ1v) is 4.26. The largest absolute Gasteiger partial charge is 0.314 e. The Morgan fingerprint density at radius 2 is 2.36 bits per heavy atom. The molecule has 2 heteroatoms. The monoisotopic (exact) mass is 152 g/mol. The van der Waals surface area contributed by atoms with Gasteiger partial charge in [0, 0.05) is 19.1 Å². The van der Waals surface area contributed by atoms with Gasteiger partial charge in [-0.1, -0.05) is 12.8 Å². The highest BCUT2D eigenvalue weighted by atomic mass is 15.2. The van der Waals surface area contributed by atoms with Crippen LogP contribution >= 0.6 is 0 Å². The fraction of sp³-hybridized carbons (Fsp3) is 0.778. The molecule has 1 N–H and O–H groups in total. The molecule has 0 atom stereocenters. The summed E-state index contributed by atoms with van der Waals surface area (Å²) in [5.74, 6) is 2.70. The Balaban J connectivity index is 2.26. The summed E-state index contributed by atoms with van der Waals surface area (Å²) < 4.78 is 0. The summed E-state index contributed by atoms with van der Waals surface area (Å²) in [6, 6.07) is 0.700. The van der Waals surface area contributed by atoms with E-state index in [1.54, 1.807) is 0 Å². The Kier molecular flexibility index (Phi) is 3.41. The molecule has 11 heavy (non-hydrogen) atoms. The van der Waals surface area contributed by atoms with Gasteiger partial charge in [-0.15, -0.1) is 6.42 Å². The third kappa shape index (κ3) is 2.21. The number of hydrogen-bond donors (Lipinski definition) is 1. The molecule has 0 spiro atoms. The van der Waals surface area contributed by atoms with E-state index in [1.807, 2.05) is 0 Å². The van der Waals surface area contributed by atoms with Crippen molar-refractivity contribution >= 4 is 0 Å². The van der Waals surface area contributed by atoms with Gasteiger partial charge in [0.15, 0.2) is 0 Å². The molecule has 0 aromatic carbocycles. The first kappa shape index (κ1) is 8.58. The van der Waals surface area contributed by atoms with Crippen LogP contribution in [0.2, 0.25) is 0 Å². The van der Waals surface area contributed by atoms with E-state index in [1.165, 1.54) is 6.42 Å². The van der Waals surface area contributed by atoms with Crippen molar-refractivity contribution < 1.29 is 0 Å². The average Bonchev–Trinajstić information content (AvgIpc) is 1.85. The molecule has 0 aliphatic carbocycles. The highest BCUT2D eigenvalue weighted by molar-refractivity contribution is 4.93. The minimum absolute atomic E-state index is 0.700. The van der Waals surface area contributed by atoms with Gasteiger partial charge in [-0.25, -0.2) is 0 Å². The fourth-order valence-corrected chi connectivity index (χ4v) is 1.33. The molecule has 1 saturated heterocycles. The smallest absolute Gasteiger partial charge is 0.0602 e. The van der Waals surface area contributed by atoms with Gasteiger partial charge in [0.2, 0.25) is 0 Å². The van der Waals surface area contributed by atoms with Crippen LogP contribution in [0.25, 0.3) is 0 Å². The standard InChI is InChI=1S/C9H16N2/c1-3-5-11(6-4-2)9-7-10-8-9/h1,9-10H,4-8H2,2H3. The van der Waals surface area contributed by atoms with Crippen LogP contribution in [0, 0.1) is 12.3 Å². The molecular weight excluding hydrogens is 136 g/mol. The predicted molar refractivity (Wildman–Crippen MR) is 47.4 cm³/mol. The van der Waals surface area contributed by atoms with Gasteiger partial charge in [0.05, 0.1) is 6.54 Å². The molecule has 0 radical (unpaired) electrons. The highest BCUT2D eigenvalue weighted by Gasteiger charge is 2.22. The van der Waals surface area contributed by atoms with Gasteiger partial charge in [0.1, 0.15) is 0 Å². The molecule has 0 amide bonds. The van der Waals surface area contributed by atoms with Crippen molar-refractivity contribution in [2.24, 2.45) is 0 Å². The molecule has 1 fully saturated rings. The Morgan fingerprint density at radius 3 is 2.73 bits per heavy atom. The van der Waals surface area contributed by atoms with E-state index in [0.717, 1.165) is 26.2 Å². The number of nitrogens with zero attached hydrogens (tertiary/aromatic N) is 1. The molecule has 0 saturated carbocycles. The third-order valence-corrected chi connectivity index (χ3v) is 2.08. The molecule has 1 heterocycles. The van der Waals surface area contributed by atoms with Crippen LogP contribution in [-0.4, -0.2) is 37.1 Å². The Bertz CT molecular complexity index is 144. The van der Waals surface area contributed by atoms with E-state index in [0.29, 0.717) is 6.04 Å². The molecule has 0 aromatic heterocycles. The van der Waals surface area contributed by atoms with E-state index < -0.39 is 0 Å². The number of rotatable bonds is 4. The van der Waals surface area contributed by atoms with Gasteiger partial charge in [-0.3, -0.25) is 4.90 Å². The van der Waals surface area contributed by atoms with Crippen LogP contribution in [0.15, 0.2) is 0 Å². The summed E-state index contributed by atoms with van der Waals surface area (Å²) in [6.45, 7) is 6.36. The Hall–Kier alpha value is -0.520. The number of hydrogen-bond acceptors (Lipinski definition) is 2. The summed E-state index contributed by atoms with van der Waals surface area (Å²) in [5.41, 5.74) is 0. The first-order chi connectivity index (χ1) is 5.38. The molecule has 0 unspecified atom stereocenters. The lowest BCUT2D eigenvalue weighted by atomic mass is 10.1. The summed E-state index contributed by atoms with van der Waals surface area (Å²) in [6.07, 6.45) is 6.46. The van der Waals surface area contributed by atoms with Crippen LogP contribution in [-0.2, 0) is 0 Å². The van der Waals surface area contributed by atoms with Gasteiger partial charge in [0.25, 0.3) is 0 Å². The van der Waals surface area contributed by atoms with Crippen LogP contribution in [0.4, 0.5) is 0 Å². The predicted octanol–water partition coefficient (Wildman–Crippen LogP) is 0.303. The van der Waals surface area contributed by atoms with Gasteiger partial charge >= 0.3 is 0 Å². The van der Waals surface area contributed by atoms with E-state index in [2.05, 4.69) is 23.1 Å². The second-order valence-corrected chi connectivity index (χ2v) is 2.99. The van der Waals surface area contributed by atoms with Crippen molar-refractivity contribution in [3.63, 3.8) is 0 Å². The average molecular weight is 152 g/mol. The molecule has 1 rings (SSSR count).